The summed E-state index contributed by atoms with van der Waals surface area (Å²) in [6.07, 6.45) is 0. The lowest BCUT2D eigenvalue weighted by Gasteiger charge is -2.15. The average Bonchev–Trinajstić information content (AvgIpc) is 2.39. The maximum atomic E-state index is 13.2. The van der Waals surface area contributed by atoms with Gasteiger partial charge in [0.25, 0.3) is 0 Å². The summed E-state index contributed by atoms with van der Waals surface area (Å²) >= 11 is 11.8. The molecule has 2 aromatic carbocycles. The lowest BCUT2D eigenvalue weighted by atomic mass is 10.1. The fraction of sp³-hybridized carbons (Fsp3) is 0.143. The molecule has 2 aromatic rings. The Morgan fingerprint density at radius 1 is 1.16 bits per heavy atom. The standard InChI is InChI=1S/C14H12Cl2FNO/c15-9-2-1-3-11(6-9)19-8-14(18)12-7-10(17)4-5-13(12)16/h1-7,14H,8,18H2. The highest BCUT2D eigenvalue weighted by molar-refractivity contribution is 6.31. The van der Waals surface area contributed by atoms with Gasteiger partial charge in [-0.2, -0.15) is 0 Å². The molecular weight excluding hydrogens is 288 g/mol. The molecule has 0 saturated carbocycles. The molecular formula is C14H12Cl2FNO. The first-order chi connectivity index (χ1) is 9.06. The second kappa shape index (κ2) is 6.24. The summed E-state index contributed by atoms with van der Waals surface area (Å²) in [5, 5.41) is 0.999. The van der Waals surface area contributed by atoms with Gasteiger partial charge in [0.2, 0.25) is 0 Å². The van der Waals surface area contributed by atoms with Gasteiger partial charge in [-0.1, -0.05) is 29.3 Å². The van der Waals surface area contributed by atoms with E-state index in [1.807, 2.05) is 0 Å². The van der Waals surface area contributed by atoms with Crippen LogP contribution in [0.25, 0.3) is 0 Å². The summed E-state index contributed by atoms with van der Waals surface area (Å²) in [5.74, 6) is 0.230. The number of rotatable bonds is 4. The first-order valence-electron chi connectivity index (χ1n) is 5.65. The highest BCUT2D eigenvalue weighted by Gasteiger charge is 2.12. The zero-order chi connectivity index (χ0) is 13.8. The highest BCUT2D eigenvalue weighted by atomic mass is 35.5. The minimum atomic E-state index is -0.512. The molecule has 2 nitrogen and oxygen atoms in total. The highest BCUT2D eigenvalue weighted by Crippen LogP contribution is 2.24. The Bertz CT molecular complexity index is 577. The number of hydrogen-bond acceptors (Lipinski definition) is 2. The van der Waals surface area contributed by atoms with Crippen LogP contribution in [-0.2, 0) is 0 Å². The molecule has 2 rings (SSSR count). The first kappa shape index (κ1) is 14.1. The average molecular weight is 300 g/mol. The van der Waals surface area contributed by atoms with E-state index >= 15 is 0 Å². The first-order valence-corrected chi connectivity index (χ1v) is 6.41. The molecule has 0 aromatic heterocycles. The number of halogens is 3. The van der Waals surface area contributed by atoms with Crippen molar-refractivity contribution in [3.05, 3.63) is 63.9 Å². The molecule has 0 heterocycles. The molecule has 0 saturated heterocycles. The van der Waals surface area contributed by atoms with Crippen LogP contribution in [0.5, 0.6) is 5.75 Å². The molecule has 1 atom stereocenters. The van der Waals surface area contributed by atoms with Crippen LogP contribution in [0.2, 0.25) is 10.0 Å². The molecule has 0 fully saturated rings. The van der Waals surface area contributed by atoms with Gasteiger partial charge in [0.1, 0.15) is 18.2 Å². The molecule has 1 unspecified atom stereocenters. The van der Waals surface area contributed by atoms with E-state index in [-0.39, 0.29) is 12.4 Å². The predicted molar refractivity (Wildman–Crippen MR) is 75.3 cm³/mol. The molecule has 19 heavy (non-hydrogen) atoms. The van der Waals surface area contributed by atoms with E-state index < -0.39 is 6.04 Å². The summed E-state index contributed by atoms with van der Waals surface area (Å²) in [6, 6.07) is 10.5. The lowest BCUT2D eigenvalue weighted by molar-refractivity contribution is 0.290. The van der Waals surface area contributed by atoms with Gasteiger partial charge in [0.05, 0.1) is 6.04 Å². The number of nitrogens with two attached hydrogens (primary N) is 1. The maximum Gasteiger partial charge on any atom is 0.123 e. The fourth-order valence-corrected chi connectivity index (χ4v) is 2.07. The molecule has 5 heteroatoms. The van der Waals surface area contributed by atoms with Gasteiger partial charge in [-0.25, -0.2) is 4.39 Å². The summed E-state index contributed by atoms with van der Waals surface area (Å²) < 4.78 is 18.7. The maximum absolute atomic E-state index is 13.2. The molecule has 100 valence electrons. The minimum absolute atomic E-state index is 0.184. The Hall–Kier alpha value is -1.29. The summed E-state index contributed by atoms with van der Waals surface area (Å²) in [6.45, 7) is 0.184. The quantitative estimate of drug-likeness (QED) is 0.918. The van der Waals surface area contributed by atoms with Crippen molar-refractivity contribution in [2.75, 3.05) is 6.61 Å². The van der Waals surface area contributed by atoms with Gasteiger partial charge in [-0.05, 0) is 42.0 Å². The number of hydrogen-bond donors (Lipinski definition) is 1. The van der Waals surface area contributed by atoms with E-state index in [0.717, 1.165) is 0 Å². The molecule has 0 aliphatic rings. The summed E-state index contributed by atoms with van der Waals surface area (Å²) in [5.41, 5.74) is 6.46. The van der Waals surface area contributed by atoms with Crippen molar-refractivity contribution in [3.63, 3.8) is 0 Å². The van der Waals surface area contributed by atoms with Gasteiger partial charge in [-0.15, -0.1) is 0 Å². The molecule has 0 amide bonds. The van der Waals surface area contributed by atoms with Gasteiger partial charge in [0, 0.05) is 10.0 Å². The fourth-order valence-electron chi connectivity index (χ4n) is 1.63. The second-order valence-electron chi connectivity index (χ2n) is 4.04. The van der Waals surface area contributed by atoms with E-state index in [0.29, 0.717) is 21.4 Å². The molecule has 0 bridgehead atoms. The van der Waals surface area contributed by atoms with Crippen LogP contribution in [0, 0.1) is 5.82 Å². The van der Waals surface area contributed by atoms with E-state index in [2.05, 4.69) is 0 Å². The van der Waals surface area contributed by atoms with Crippen LogP contribution in [-0.4, -0.2) is 6.61 Å². The van der Waals surface area contributed by atoms with E-state index in [1.165, 1.54) is 18.2 Å². The largest absolute Gasteiger partial charge is 0.492 e. The van der Waals surface area contributed by atoms with Crippen molar-refractivity contribution in [2.24, 2.45) is 5.73 Å². The van der Waals surface area contributed by atoms with E-state index in [1.54, 1.807) is 24.3 Å². The molecule has 2 N–H and O–H groups in total. The molecule has 0 radical (unpaired) electrons. The second-order valence-corrected chi connectivity index (χ2v) is 4.88. The number of ether oxygens (including phenoxy) is 1. The third-order valence-corrected chi connectivity index (χ3v) is 3.16. The molecule has 0 spiro atoms. The predicted octanol–water partition coefficient (Wildman–Crippen LogP) is 4.21. The van der Waals surface area contributed by atoms with E-state index in [9.17, 15) is 4.39 Å². The van der Waals surface area contributed by atoms with Crippen molar-refractivity contribution in [3.8, 4) is 5.75 Å². The molecule has 0 aliphatic heterocycles. The van der Waals surface area contributed by atoms with Crippen molar-refractivity contribution in [1.82, 2.24) is 0 Å². The van der Waals surface area contributed by atoms with Gasteiger partial charge in [-0.3, -0.25) is 0 Å². The van der Waals surface area contributed by atoms with Gasteiger partial charge in [0.15, 0.2) is 0 Å². The lowest BCUT2D eigenvalue weighted by Crippen LogP contribution is -2.19. The summed E-state index contributed by atoms with van der Waals surface area (Å²) in [4.78, 5) is 0. The monoisotopic (exact) mass is 299 g/mol. The van der Waals surface area contributed by atoms with Crippen molar-refractivity contribution < 1.29 is 9.13 Å². The number of benzene rings is 2. The van der Waals surface area contributed by atoms with E-state index in [4.69, 9.17) is 33.7 Å². The van der Waals surface area contributed by atoms with Crippen LogP contribution >= 0.6 is 23.2 Å². The van der Waals surface area contributed by atoms with Crippen LogP contribution in [0.1, 0.15) is 11.6 Å². The Kier molecular flexibility index (Phi) is 4.64. The zero-order valence-electron chi connectivity index (χ0n) is 9.95. The summed E-state index contributed by atoms with van der Waals surface area (Å²) in [7, 11) is 0. The Balaban J connectivity index is 2.05. The smallest absolute Gasteiger partial charge is 0.123 e. The van der Waals surface area contributed by atoms with Crippen LogP contribution < -0.4 is 10.5 Å². The third kappa shape index (κ3) is 3.83. The Morgan fingerprint density at radius 3 is 2.68 bits per heavy atom. The zero-order valence-corrected chi connectivity index (χ0v) is 11.5. The minimum Gasteiger partial charge on any atom is -0.492 e. The van der Waals surface area contributed by atoms with Crippen LogP contribution in [0.15, 0.2) is 42.5 Å². The van der Waals surface area contributed by atoms with Crippen LogP contribution in [0.3, 0.4) is 0 Å². The van der Waals surface area contributed by atoms with Gasteiger partial charge < -0.3 is 10.5 Å². The van der Waals surface area contributed by atoms with Crippen molar-refractivity contribution >= 4 is 23.2 Å². The third-order valence-electron chi connectivity index (χ3n) is 2.58. The SMILES string of the molecule is NC(COc1cccc(Cl)c1)c1cc(F)ccc1Cl. The topological polar surface area (TPSA) is 35.2 Å². The van der Waals surface area contributed by atoms with Crippen LogP contribution in [0.4, 0.5) is 4.39 Å². The molecule has 0 aliphatic carbocycles. The van der Waals surface area contributed by atoms with Crippen molar-refractivity contribution in [1.29, 1.82) is 0 Å². The van der Waals surface area contributed by atoms with Gasteiger partial charge >= 0.3 is 0 Å². The Morgan fingerprint density at radius 2 is 1.95 bits per heavy atom. The van der Waals surface area contributed by atoms with Crippen molar-refractivity contribution in [2.45, 2.75) is 6.04 Å². The normalized spacial score (nSPS) is 12.2. The Labute approximate surface area is 120 Å².